The van der Waals surface area contributed by atoms with Gasteiger partial charge in [-0.15, -0.1) is 0 Å². The summed E-state index contributed by atoms with van der Waals surface area (Å²) in [5, 5.41) is 0.981. The maximum absolute atomic E-state index is 5.96. The highest BCUT2D eigenvalue weighted by Gasteiger charge is 2.15. The number of fused-ring (bicyclic) bond motifs is 1. The summed E-state index contributed by atoms with van der Waals surface area (Å²) >= 11 is 0. The molecule has 1 aliphatic rings. The first-order chi connectivity index (χ1) is 9.34. The number of benzene rings is 1. The summed E-state index contributed by atoms with van der Waals surface area (Å²) in [6, 6.07) is 7.69. The molecule has 1 fully saturated rings. The number of anilines is 1. The molecular formula is C15H18N2O2. The summed E-state index contributed by atoms with van der Waals surface area (Å²) in [7, 11) is 0. The van der Waals surface area contributed by atoms with E-state index in [0.29, 0.717) is 11.6 Å². The Hall–Kier alpha value is -1.81. The van der Waals surface area contributed by atoms with E-state index in [1.54, 1.807) is 6.20 Å². The van der Waals surface area contributed by atoms with Crippen LogP contribution in [0.3, 0.4) is 0 Å². The van der Waals surface area contributed by atoms with Crippen LogP contribution in [-0.4, -0.2) is 24.8 Å². The zero-order chi connectivity index (χ0) is 13.1. The highest BCUT2D eigenvalue weighted by Crippen LogP contribution is 2.29. The molecule has 4 nitrogen and oxygen atoms in total. The van der Waals surface area contributed by atoms with Gasteiger partial charge < -0.3 is 15.2 Å². The summed E-state index contributed by atoms with van der Waals surface area (Å²) in [6.07, 6.45) is 3.90. The van der Waals surface area contributed by atoms with Gasteiger partial charge >= 0.3 is 0 Å². The van der Waals surface area contributed by atoms with Gasteiger partial charge in [0.15, 0.2) is 0 Å². The third-order valence-corrected chi connectivity index (χ3v) is 3.58. The molecule has 2 heterocycles. The topological polar surface area (TPSA) is 57.4 Å². The quantitative estimate of drug-likeness (QED) is 0.860. The Balaban J connectivity index is 1.79. The zero-order valence-corrected chi connectivity index (χ0v) is 10.8. The Labute approximate surface area is 112 Å². The third-order valence-electron chi connectivity index (χ3n) is 3.58. The minimum atomic E-state index is 0.582. The van der Waals surface area contributed by atoms with Crippen LogP contribution in [-0.2, 0) is 4.74 Å². The van der Waals surface area contributed by atoms with Crippen LogP contribution in [0, 0.1) is 5.92 Å². The van der Waals surface area contributed by atoms with Crippen LogP contribution in [0.4, 0.5) is 5.69 Å². The molecule has 0 aliphatic carbocycles. The van der Waals surface area contributed by atoms with Crippen LogP contribution in [0.25, 0.3) is 10.9 Å². The summed E-state index contributed by atoms with van der Waals surface area (Å²) in [4.78, 5) is 4.31. The van der Waals surface area contributed by atoms with Crippen molar-refractivity contribution in [3.8, 4) is 5.75 Å². The third kappa shape index (κ3) is 2.63. The predicted molar refractivity (Wildman–Crippen MR) is 75.2 cm³/mol. The monoisotopic (exact) mass is 258 g/mol. The number of pyridine rings is 1. The Bertz CT molecular complexity index is 565. The highest BCUT2D eigenvalue weighted by molar-refractivity contribution is 5.93. The van der Waals surface area contributed by atoms with E-state index < -0.39 is 0 Å². The molecule has 19 heavy (non-hydrogen) atoms. The molecule has 0 unspecified atom stereocenters. The van der Waals surface area contributed by atoms with Crippen molar-refractivity contribution in [2.24, 2.45) is 5.92 Å². The van der Waals surface area contributed by atoms with Crippen molar-refractivity contribution in [3.05, 3.63) is 30.5 Å². The van der Waals surface area contributed by atoms with Gasteiger partial charge in [0.1, 0.15) is 5.75 Å². The molecule has 1 saturated heterocycles. The molecule has 100 valence electrons. The van der Waals surface area contributed by atoms with E-state index in [4.69, 9.17) is 15.2 Å². The Kier molecular flexibility index (Phi) is 3.51. The van der Waals surface area contributed by atoms with Crippen LogP contribution in [0.2, 0.25) is 0 Å². The van der Waals surface area contributed by atoms with E-state index in [0.717, 1.165) is 49.3 Å². The molecule has 1 aromatic carbocycles. The molecule has 0 bridgehead atoms. The molecule has 0 saturated carbocycles. The summed E-state index contributed by atoms with van der Waals surface area (Å²) in [5.74, 6) is 1.45. The fraction of sp³-hybridized carbons (Fsp3) is 0.400. The number of ether oxygens (including phenoxy) is 2. The fourth-order valence-electron chi connectivity index (χ4n) is 2.41. The van der Waals surface area contributed by atoms with Crippen molar-refractivity contribution in [2.45, 2.75) is 12.8 Å². The van der Waals surface area contributed by atoms with Gasteiger partial charge in [-0.05, 0) is 43.0 Å². The van der Waals surface area contributed by atoms with E-state index in [1.165, 1.54) is 0 Å². The SMILES string of the molecule is Nc1ccc(OCC2CCOCC2)c2cccnc12. The number of hydrogen-bond acceptors (Lipinski definition) is 4. The molecule has 2 N–H and O–H groups in total. The number of nitrogens with zero attached hydrogens (tertiary/aromatic N) is 1. The molecule has 0 amide bonds. The van der Waals surface area contributed by atoms with Gasteiger partial charge in [0.25, 0.3) is 0 Å². The number of nitrogens with two attached hydrogens (primary N) is 1. The minimum absolute atomic E-state index is 0.582. The van der Waals surface area contributed by atoms with Crippen LogP contribution >= 0.6 is 0 Å². The van der Waals surface area contributed by atoms with Gasteiger partial charge in [0.2, 0.25) is 0 Å². The number of aromatic nitrogens is 1. The molecule has 0 atom stereocenters. The van der Waals surface area contributed by atoms with Crippen molar-refractivity contribution in [3.63, 3.8) is 0 Å². The Morgan fingerprint density at radius 2 is 2.11 bits per heavy atom. The van der Waals surface area contributed by atoms with E-state index in [9.17, 15) is 0 Å². The smallest absolute Gasteiger partial charge is 0.128 e. The summed E-state index contributed by atoms with van der Waals surface area (Å²) in [6.45, 7) is 2.42. The first kappa shape index (κ1) is 12.2. The number of rotatable bonds is 3. The summed E-state index contributed by atoms with van der Waals surface area (Å²) in [5.41, 5.74) is 7.43. The van der Waals surface area contributed by atoms with Crippen molar-refractivity contribution >= 4 is 16.6 Å². The van der Waals surface area contributed by atoms with Crippen molar-refractivity contribution in [1.82, 2.24) is 4.98 Å². The van der Waals surface area contributed by atoms with Gasteiger partial charge in [0.05, 0.1) is 17.8 Å². The van der Waals surface area contributed by atoms with Crippen LogP contribution in [0.5, 0.6) is 5.75 Å². The molecule has 4 heteroatoms. The van der Waals surface area contributed by atoms with E-state index in [1.807, 2.05) is 24.3 Å². The molecule has 3 rings (SSSR count). The minimum Gasteiger partial charge on any atom is -0.493 e. The largest absolute Gasteiger partial charge is 0.493 e. The van der Waals surface area contributed by atoms with Gasteiger partial charge in [-0.25, -0.2) is 0 Å². The van der Waals surface area contributed by atoms with Crippen LogP contribution in [0.1, 0.15) is 12.8 Å². The molecule has 0 radical (unpaired) electrons. The Morgan fingerprint density at radius 3 is 2.95 bits per heavy atom. The first-order valence-corrected chi connectivity index (χ1v) is 6.68. The lowest BCUT2D eigenvalue weighted by Crippen LogP contribution is -2.21. The van der Waals surface area contributed by atoms with Crippen LogP contribution in [0.15, 0.2) is 30.5 Å². The van der Waals surface area contributed by atoms with Crippen LogP contribution < -0.4 is 10.5 Å². The second kappa shape index (κ2) is 5.45. The standard InChI is InChI=1S/C15H18N2O2/c16-13-3-4-14(12-2-1-7-17-15(12)13)19-10-11-5-8-18-9-6-11/h1-4,7,11H,5-6,8-10,16H2. The molecule has 2 aromatic rings. The van der Waals surface area contributed by atoms with Gasteiger partial charge in [-0.3, -0.25) is 4.98 Å². The molecular weight excluding hydrogens is 240 g/mol. The van der Waals surface area contributed by atoms with Crippen molar-refractivity contribution in [1.29, 1.82) is 0 Å². The average Bonchev–Trinajstić information content (AvgIpc) is 2.48. The normalized spacial score (nSPS) is 16.6. The second-order valence-corrected chi connectivity index (χ2v) is 4.92. The Morgan fingerprint density at radius 1 is 1.26 bits per heavy atom. The second-order valence-electron chi connectivity index (χ2n) is 4.92. The van der Waals surface area contributed by atoms with Gasteiger partial charge in [0, 0.05) is 24.8 Å². The lowest BCUT2D eigenvalue weighted by molar-refractivity contribution is 0.0500. The number of hydrogen-bond donors (Lipinski definition) is 1. The predicted octanol–water partition coefficient (Wildman–Crippen LogP) is 2.62. The summed E-state index contributed by atoms with van der Waals surface area (Å²) < 4.78 is 11.3. The molecule has 1 aliphatic heterocycles. The lowest BCUT2D eigenvalue weighted by Gasteiger charge is -2.22. The van der Waals surface area contributed by atoms with E-state index >= 15 is 0 Å². The molecule has 0 spiro atoms. The molecule has 1 aromatic heterocycles. The van der Waals surface area contributed by atoms with Crippen molar-refractivity contribution < 1.29 is 9.47 Å². The maximum atomic E-state index is 5.96. The number of nitrogen functional groups attached to an aromatic ring is 1. The maximum Gasteiger partial charge on any atom is 0.128 e. The zero-order valence-electron chi connectivity index (χ0n) is 10.8. The van der Waals surface area contributed by atoms with Gasteiger partial charge in [-0.1, -0.05) is 0 Å². The van der Waals surface area contributed by atoms with E-state index in [2.05, 4.69) is 4.98 Å². The van der Waals surface area contributed by atoms with Gasteiger partial charge in [-0.2, -0.15) is 0 Å². The van der Waals surface area contributed by atoms with E-state index in [-0.39, 0.29) is 0 Å². The highest BCUT2D eigenvalue weighted by atomic mass is 16.5. The lowest BCUT2D eigenvalue weighted by atomic mass is 10.0. The van der Waals surface area contributed by atoms with Crippen molar-refractivity contribution in [2.75, 3.05) is 25.6 Å². The fourth-order valence-corrected chi connectivity index (χ4v) is 2.41. The average molecular weight is 258 g/mol. The first-order valence-electron chi connectivity index (χ1n) is 6.68.